The lowest BCUT2D eigenvalue weighted by atomic mass is 9.82. The minimum absolute atomic E-state index is 0.0697. The minimum atomic E-state index is -0.727. The molecule has 1 aliphatic rings. The van der Waals surface area contributed by atoms with E-state index >= 15 is 0 Å². The zero-order chi connectivity index (χ0) is 17.4. The Labute approximate surface area is 144 Å². The van der Waals surface area contributed by atoms with Gasteiger partial charge in [-0.05, 0) is 43.9 Å². The van der Waals surface area contributed by atoms with E-state index in [1.807, 2.05) is 32.0 Å². The van der Waals surface area contributed by atoms with Crippen LogP contribution < -0.4 is 11.1 Å². The van der Waals surface area contributed by atoms with E-state index in [1.54, 1.807) is 0 Å². The number of ether oxygens (including phenoxy) is 2. The Hall–Kier alpha value is -1.43. The van der Waals surface area contributed by atoms with Gasteiger partial charge in [-0.25, -0.2) is 0 Å². The lowest BCUT2D eigenvalue weighted by molar-refractivity contribution is -0.122. The van der Waals surface area contributed by atoms with Crippen LogP contribution in [0.5, 0.6) is 0 Å². The number of hydrogen-bond donors (Lipinski definition) is 2. The Morgan fingerprint density at radius 2 is 1.92 bits per heavy atom. The molecule has 1 fully saturated rings. The molecule has 24 heavy (non-hydrogen) atoms. The monoisotopic (exact) mass is 334 g/mol. The molecule has 5 nitrogen and oxygen atoms in total. The second-order valence-electron chi connectivity index (χ2n) is 6.51. The fraction of sp³-hybridized carbons (Fsp3) is 0.632. The summed E-state index contributed by atoms with van der Waals surface area (Å²) in [5.74, 6) is -0.0697. The smallest absolute Gasteiger partial charge is 0.244 e. The molecule has 0 saturated heterocycles. The SMILES string of the molecule is CCOCCOCc1cccc(NC(=O)C2(N)CCCCC2)c1C. The largest absolute Gasteiger partial charge is 0.379 e. The van der Waals surface area contributed by atoms with Crippen molar-refractivity contribution in [1.82, 2.24) is 0 Å². The van der Waals surface area contributed by atoms with Crippen molar-refractivity contribution in [3.63, 3.8) is 0 Å². The first-order valence-electron chi connectivity index (χ1n) is 8.91. The Morgan fingerprint density at radius 3 is 2.62 bits per heavy atom. The van der Waals surface area contributed by atoms with Gasteiger partial charge < -0.3 is 20.5 Å². The quantitative estimate of drug-likeness (QED) is 0.716. The molecule has 0 bridgehead atoms. The standard InChI is InChI=1S/C19H30N2O3/c1-3-23-12-13-24-14-16-8-7-9-17(15(16)2)21-18(22)19(20)10-5-4-6-11-19/h7-9H,3-6,10-14,20H2,1-2H3,(H,21,22). The first-order valence-corrected chi connectivity index (χ1v) is 8.91. The molecule has 0 aromatic heterocycles. The maximum absolute atomic E-state index is 12.6. The molecule has 2 rings (SSSR count). The maximum Gasteiger partial charge on any atom is 0.244 e. The van der Waals surface area contributed by atoms with Gasteiger partial charge in [-0.3, -0.25) is 4.79 Å². The second-order valence-corrected chi connectivity index (χ2v) is 6.51. The van der Waals surface area contributed by atoms with Crippen molar-refractivity contribution >= 4 is 11.6 Å². The number of carbonyl (C=O) groups excluding carboxylic acids is 1. The molecule has 1 aromatic rings. The Morgan fingerprint density at radius 1 is 1.21 bits per heavy atom. The van der Waals surface area contributed by atoms with Gasteiger partial charge in [0.25, 0.3) is 0 Å². The van der Waals surface area contributed by atoms with E-state index in [1.165, 1.54) is 6.42 Å². The van der Waals surface area contributed by atoms with Crippen molar-refractivity contribution in [3.8, 4) is 0 Å². The van der Waals surface area contributed by atoms with E-state index in [9.17, 15) is 4.79 Å². The van der Waals surface area contributed by atoms with Gasteiger partial charge in [0.05, 0.1) is 25.4 Å². The fourth-order valence-electron chi connectivity index (χ4n) is 3.08. The van der Waals surface area contributed by atoms with Gasteiger partial charge in [0.2, 0.25) is 5.91 Å². The molecule has 0 aliphatic heterocycles. The minimum Gasteiger partial charge on any atom is -0.379 e. The predicted octanol–water partition coefficient (Wildman–Crippen LogP) is 3.15. The third-order valence-corrected chi connectivity index (χ3v) is 4.73. The fourth-order valence-corrected chi connectivity index (χ4v) is 3.08. The van der Waals surface area contributed by atoms with E-state index in [-0.39, 0.29) is 5.91 Å². The lowest BCUT2D eigenvalue weighted by Gasteiger charge is -2.32. The molecule has 0 radical (unpaired) electrons. The highest BCUT2D eigenvalue weighted by molar-refractivity contribution is 5.98. The normalized spacial score (nSPS) is 16.8. The Balaban J connectivity index is 1.95. The van der Waals surface area contributed by atoms with Crippen molar-refractivity contribution < 1.29 is 14.3 Å². The van der Waals surface area contributed by atoms with Gasteiger partial charge in [0, 0.05) is 12.3 Å². The average molecular weight is 334 g/mol. The van der Waals surface area contributed by atoms with Gasteiger partial charge in [0.15, 0.2) is 0 Å². The number of anilines is 1. The molecule has 0 atom stereocenters. The van der Waals surface area contributed by atoms with E-state index in [0.29, 0.717) is 26.4 Å². The van der Waals surface area contributed by atoms with Crippen LogP contribution in [0.15, 0.2) is 18.2 Å². The summed E-state index contributed by atoms with van der Waals surface area (Å²) in [4.78, 5) is 12.6. The summed E-state index contributed by atoms with van der Waals surface area (Å²) in [5.41, 5.74) is 8.51. The molecular formula is C19H30N2O3. The summed E-state index contributed by atoms with van der Waals surface area (Å²) in [5, 5.41) is 3.03. The zero-order valence-corrected chi connectivity index (χ0v) is 14.9. The molecule has 3 N–H and O–H groups in total. The van der Waals surface area contributed by atoms with Gasteiger partial charge in [-0.15, -0.1) is 0 Å². The van der Waals surface area contributed by atoms with Crippen LogP contribution in [0, 0.1) is 6.92 Å². The molecule has 1 aliphatic carbocycles. The van der Waals surface area contributed by atoms with Crippen molar-refractivity contribution in [2.45, 2.75) is 58.1 Å². The van der Waals surface area contributed by atoms with Gasteiger partial charge in [-0.2, -0.15) is 0 Å². The van der Waals surface area contributed by atoms with E-state index in [4.69, 9.17) is 15.2 Å². The lowest BCUT2D eigenvalue weighted by Crippen LogP contribution is -2.52. The molecule has 134 valence electrons. The van der Waals surface area contributed by atoms with Gasteiger partial charge >= 0.3 is 0 Å². The van der Waals surface area contributed by atoms with Gasteiger partial charge in [0.1, 0.15) is 0 Å². The van der Waals surface area contributed by atoms with Crippen molar-refractivity contribution in [2.75, 3.05) is 25.1 Å². The highest BCUT2D eigenvalue weighted by atomic mass is 16.5. The number of nitrogens with two attached hydrogens (primary N) is 1. The summed E-state index contributed by atoms with van der Waals surface area (Å²) >= 11 is 0. The van der Waals surface area contributed by atoms with Crippen molar-refractivity contribution in [3.05, 3.63) is 29.3 Å². The Kier molecular flexibility index (Phi) is 7.21. The van der Waals surface area contributed by atoms with Crippen LogP contribution in [-0.2, 0) is 20.9 Å². The van der Waals surface area contributed by atoms with Gasteiger partial charge in [-0.1, -0.05) is 31.4 Å². The van der Waals surface area contributed by atoms with E-state index in [2.05, 4.69) is 5.32 Å². The van der Waals surface area contributed by atoms with E-state index in [0.717, 1.165) is 42.5 Å². The number of carbonyl (C=O) groups is 1. The predicted molar refractivity (Wildman–Crippen MR) is 96.0 cm³/mol. The summed E-state index contributed by atoms with van der Waals surface area (Å²) in [7, 11) is 0. The molecule has 0 spiro atoms. The maximum atomic E-state index is 12.6. The first kappa shape index (κ1) is 18.9. The molecule has 5 heteroatoms. The molecule has 1 saturated carbocycles. The average Bonchev–Trinajstić information content (AvgIpc) is 2.58. The second kappa shape index (κ2) is 9.16. The number of rotatable bonds is 8. The highest BCUT2D eigenvalue weighted by Crippen LogP contribution is 2.28. The number of nitrogens with one attached hydrogen (secondary N) is 1. The molecule has 0 unspecified atom stereocenters. The van der Waals surface area contributed by atoms with Crippen LogP contribution in [0.1, 0.15) is 50.2 Å². The third-order valence-electron chi connectivity index (χ3n) is 4.73. The van der Waals surface area contributed by atoms with Crippen molar-refractivity contribution in [2.24, 2.45) is 5.73 Å². The molecule has 1 amide bonds. The molecule has 1 aromatic carbocycles. The third kappa shape index (κ3) is 5.03. The van der Waals surface area contributed by atoms with Crippen LogP contribution in [0.2, 0.25) is 0 Å². The van der Waals surface area contributed by atoms with Crippen LogP contribution in [0.25, 0.3) is 0 Å². The number of amides is 1. The molecular weight excluding hydrogens is 304 g/mol. The number of benzene rings is 1. The topological polar surface area (TPSA) is 73.6 Å². The summed E-state index contributed by atoms with van der Waals surface area (Å²) in [6.07, 6.45) is 4.74. The molecule has 0 heterocycles. The highest BCUT2D eigenvalue weighted by Gasteiger charge is 2.35. The van der Waals surface area contributed by atoms with Crippen molar-refractivity contribution in [1.29, 1.82) is 0 Å². The van der Waals surface area contributed by atoms with E-state index < -0.39 is 5.54 Å². The van der Waals surface area contributed by atoms with Crippen LogP contribution in [0.3, 0.4) is 0 Å². The van der Waals surface area contributed by atoms with Crippen LogP contribution in [-0.4, -0.2) is 31.3 Å². The number of hydrogen-bond acceptors (Lipinski definition) is 4. The first-order chi connectivity index (χ1) is 11.6. The summed E-state index contributed by atoms with van der Waals surface area (Å²) in [6, 6.07) is 5.88. The Bertz CT molecular complexity index is 539. The van der Waals surface area contributed by atoms with Crippen LogP contribution >= 0.6 is 0 Å². The summed E-state index contributed by atoms with van der Waals surface area (Å²) in [6.45, 7) is 6.34. The van der Waals surface area contributed by atoms with Crippen LogP contribution in [0.4, 0.5) is 5.69 Å². The zero-order valence-electron chi connectivity index (χ0n) is 14.9. The summed E-state index contributed by atoms with van der Waals surface area (Å²) < 4.78 is 10.9.